The number of hydrogen-bond acceptors (Lipinski definition) is 2. The lowest BCUT2D eigenvalue weighted by atomic mass is 9.63. The van der Waals surface area contributed by atoms with Gasteiger partial charge in [0.1, 0.15) is 0 Å². The summed E-state index contributed by atoms with van der Waals surface area (Å²) < 4.78 is 40.3. The van der Waals surface area contributed by atoms with Gasteiger partial charge in [0, 0.05) is 23.3 Å². The molecule has 0 spiro atoms. The summed E-state index contributed by atoms with van der Waals surface area (Å²) in [6.07, 6.45) is -1.20. The Kier molecular flexibility index (Phi) is 6.07. The molecule has 0 atom stereocenters. The fourth-order valence-electron chi connectivity index (χ4n) is 5.88. The van der Waals surface area contributed by atoms with E-state index in [0.717, 1.165) is 36.2 Å². The Balaban J connectivity index is 1.50. The molecule has 0 saturated heterocycles. The van der Waals surface area contributed by atoms with Crippen LogP contribution in [0, 0.1) is 5.92 Å². The van der Waals surface area contributed by atoms with Gasteiger partial charge in [-0.3, -0.25) is 0 Å². The summed E-state index contributed by atoms with van der Waals surface area (Å²) in [5, 5.41) is 9.29. The number of benzene rings is 3. The zero-order valence-corrected chi connectivity index (χ0v) is 19.4. The van der Waals surface area contributed by atoms with Gasteiger partial charge in [0.2, 0.25) is 0 Å². The van der Waals surface area contributed by atoms with Crippen molar-refractivity contribution in [1.82, 2.24) is 0 Å². The third kappa shape index (κ3) is 4.42. The summed E-state index contributed by atoms with van der Waals surface area (Å²) in [7, 11) is 0. The Labute approximate surface area is 203 Å². The second kappa shape index (κ2) is 9.06. The fraction of sp³-hybridized carbons (Fsp3) is 0.345. The molecule has 1 fully saturated rings. The van der Waals surface area contributed by atoms with Crippen LogP contribution in [-0.4, -0.2) is 23.8 Å². The minimum absolute atomic E-state index is 0.0609. The van der Waals surface area contributed by atoms with E-state index in [1.807, 2.05) is 18.2 Å². The molecule has 0 aromatic heterocycles. The Morgan fingerprint density at radius 1 is 0.886 bits per heavy atom. The van der Waals surface area contributed by atoms with Gasteiger partial charge >= 0.3 is 12.1 Å². The maximum absolute atomic E-state index is 13.4. The fourth-order valence-corrected chi connectivity index (χ4v) is 5.88. The van der Waals surface area contributed by atoms with Gasteiger partial charge in [0.25, 0.3) is 0 Å². The molecule has 1 aliphatic heterocycles. The van der Waals surface area contributed by atoms with Gasteiger partial charge in [-0.25, -0.2) is 4.79 Å². The lowest BCUT2D eigenvalue weighted by molar-refractivity contribution is -0.184. The Morgan fingerprint density at radius 2 is 1.49 bits per heavy atom. The summed E-state index contributed by atoms with van der Waals surface area (Å²) in [5.74, 6) is -2.31. The van der Waals surface area contributed by atoms with E-state index in [4.69, 9.17) is 0 Å². The molecule has 1 saturated carbocycles. The number of rotatable bonds is 4. The van der Waals surface area contributed by atoms with Gasteiger partial charge in [-0.15, -0.1) is 0 Å². The number of carbonyl (C=O) groups is 1. The number of carboxylic acids is 1. The van der Waals surface area contributed by atoms with Gasteiger partial charge < -0.3 is 10.0 Å². The Morgan fingerprint density at radius 3 is 2.09 bits per heavy atom. The molecule has 6 heteroatoms. The van der Waals surface area contributed by atoms with Crippen LogP contribution in [0.4, 0.5) is 24.5 Å². The number of para-hydroxylation sites is 1. The van der Waals surface area contributed by atoms with E-state index < -0.39 is 23.5 Å². The number of hydrogen-bond donors (Lipinski definition) is 1. The molecule has 1 aliphatic carbocycles. The molecule has 182 valence electrons. The lowest BCUT2D eigenvalue weighted by Crippen LogP contribution is -2.37. The molecule has 1 heterocycles. The minimum Gasteiger partial charge on any atom is -0.478 e. The lowest BCUT2D eigenvalue weighted by Gasteiger charge is -2.42. The number of nitrogens with zero attached hydrogens (tertiary/aromatic N) is 1. The van der Waals surface area contributed by atoms with E-state index in [1.54, 1.807) is 24.3 Å². The first-order valence-corrected chi connectivity index (χ1v) is 12.1. The molecular formula is C29H28F3NO2. The number of carboxylic acid groups (broad SMARTS) is 1. The third-order valence-electron chi connectivity index (χ3n) is 7.83. The first kappa shape index (κ1) is 23.5. The van der Waals surface area contributed by atoms with E-state index in [-0.39, 0.29) is 18.4 Å². The van der Waals surface area contributed by atoms with Crippen LogP contribution in [0.25, 0.3) is 0 Å². The second-order valence-corrected chi connectivity index (χ2v) is 9.71. The molecule has 0 unspecified atom stereocenters. The summed E-state index contributed by atoms with van der Waals surface area (Å²) in [5.41, 5.74) is 5.05. The van der Waals surface area contributed by atoms with E-state index in [0.29, 0.717) is 12.8 Å². The van der Waals surface area contributed by atoms with Crippen LogP contribution in [-0.2, 0) is 11.8 Å². The van der Waals surface area contributed by atoms with Crippen LogP contribution in [0.1, 0.15) is 59.2 Å². The average molecular weight is 480 g/mol. The van der Waals surface area contributed by atoms with Gasteiger partial charge in [0.15, 0.2) is 0 Å². The Hall–Kier alpha value is -3.28. The highest BCUT2D eigenvalue weighted by Gasteiger charge is 2.47. The maximum atomic E-state index is 13.4. The van der Waals surface area contributed by atoms with Crippen molar-refractivity contribution in [3.05, 3.63) is 95.1 Å². The van der Waals surface area contributed by atoms with Crippen LogP contribution in [0.5, 0.6) is 0 Å². The number of halogens is 3. The molecule has 3 aromatic carbocycles. The summed E-state index contributed by atoms with van der Waals surface area (Å²) in [4.78, 5) is 13.6. The van der Waals surface area contributed by atoms with Gasteiger partial charge in [0.05, 0.1) is 11.5 Å². The van der Waals surface area contributed by atoms with Crippen molar-refractivity contribution in [1.29, 1.82) is 0 Å². The summed E-state index contributed by atoms with van der Waals surface area (Å²) in [6.45, 7) is 0.922. The van der Waals surface area contributed by atoms with Crippen molar-refractivity contribution in [2.45, 2.75) is 50.1 Å². The molecule has 0 bridgehead atoms. The van der Waals surface area contributed by atoms with Crippen molar-refractivity contribution < 1.29 is 23.1 Å². The van der Waals surface area contributed by atoms with Crippen molar-refractivity contribution in [3.8, 4) is 0 Å². The molecule has 0 amide bonds. The zero-order chi connectivity index (χ0) is 24.6. The number of anilines is 2. The van der Waals surface area contributed by atoms with Crippen molar-refractivity contribution in [2.75, 3.05) is 11.4 Å². The quantitative estimate of drug-likeness (QED) is 0.421. The van der Waals surface area contributed by atoms with Crippen molar-refractivity contribution in [2.24, 2.45) is 5.92 Å². The highest BCUT2D eigenvalue weighted by Crippen LogP contribution is 2.50. The van der Waals surface area contributed by atoms with Crippen molar-refractivity contribution in [3.63, 3.8) is 0 Å². The first-order valence-electron chi connectivity index (χ1n) is 12.1. The Bertz CT molecular complexity index is 1190. The van der Waals surface area contributed by atoms with Crippen LogP contribution in [0.2, 0.25) is 0 Å². The van der Waals surface area contributed by atoms with E-state index in [1.165, 1.54) is 11.3 Å². The maximum Gasteiger partial charge on any atom is 0.391 e. The van der Waals surface area contributed by atoms with Crippen molar-refractivity contribution >= 4 is 17.3 Å². The van der Waals surface area contributed by atoms with E-state index in [2.05, 4.69) is 35.2 Å². The minimum atomic E-state index is -4.19. The van der Waals surface area contributed by atoms with Crippen LogP contribution >= 0.6 is 0 Å². The molecule has 0 radical (unpaired) electrons. The molecule has 2 aliphatic rings. The van der Waals surface area contributed by atoms with E-state index in [9.17, 15) is 23.1 Å². The summed E-state index contributed by atoms with van der Waals surface area (Å²) >= 11 is 0. The van der Waals surface area contributed by atoms with Crippen LogP contribution in [0.15, 0.2) is 72.8 Å². The molecular weight excluding hydrogens is 451 g/mol. The van der Waals surface area contributed by atoms with Gasteiger partial charge in [-0.05, 0) is 85.5 Å². The van der Waals surface area contributed by atoms with Crippen LogP contribution in [0.3, 0.4) is 0 Å². The van der Waals surface area contributed by atoms with Crippen LogP contribution < -0.4 is 4.90 Å². The smallest absolute Gasteiger partial charge is 0.391 e. The molecule has 3 nitrogen and oxygen atoms in total. The van der Waals surface area contributed by atoms with E-state index >= 15 is 0 Å². The molecule has 5 rings (SSSR count). The number of alkyl halides is 3. The molecule has 3 aromatic rings. The topological polar surface area (TPSA) is 40.5 Å². The molecule has 35 heavy (non-hydrogen) atoms. The number of aromatic carboxylic acids is 1. The predicted octanol–water partition coefficient (Wildman–Crippen LogP) is 7.51. The average Bonchev–Trinajstić information content (AvgIpc) is 2.88. The number of aryl methyl sites for hydroxylation is 1. The first-order chi connectivity index (χ1) is 16.8. The normalized spacial score (nSPS) is 22.5. The summed E-state index contributed by atoms with van der Waals surface area (Å²) in [6, 6.07) is 23.3. The van der Waals surface area contributed by atoms with Gasteiger partial charge in [-0.1, -0.05) is 42.5 Å². The third-order valence-corrected chi connectivity index (χ3v) is 7.83. The largest absolute Gasteiger partial charge is 0.478 e. The highest BCUT2D eigenvalue weighted by molar-refractivity contribution is 5.87. The molecule has 1 N–H and O–H groups in total. The zero-order valence-electron chi connectivity index (χ0n) is 19.4. The predicted molar refractivity (Wildman–Crippen MR) is 130 cm³/mol. The number of fused-ring (bicyclic) bond motifs is 1. The monoisotopic (exact) mass is 479 g/mol. The second-order valence-electron chi connectivity index (χ2n) is 9.71. The van der Waals surface area contributed by atoms with Gasteiger partial charge in [-0.2, -0.15) is 13.2 Å². The highest BCUT2D eigenvalue weighted by atomic mass is 19.4. The standard InChI is InChI=1S/C29H28F3NO2/c30-29(31,32)24-15-17-28(18-16-24,22-9-7-21(8-10-22)27(34)35)23-11-13-25(14-12-23)33-19-3-5-20-4-1-2-6-26(20)33/h1-2,4,6-14,24H,3,5,15-19H2,(H,34,35). The SMILES string of the molecule is O=C(O)c1ccc(C2(c3ccc(N4CCCc5ccccc54)cc3)CCC(C(F)(F)F)CC2)cc1.